The van der Waals surface area contributed by atoms with Crippen LogP contribution in [0, 0.1) is 0 Å². The molecule has 2 aromatic rings. The van der Waals surface area contributed by atoms with E-state index in [-0.39, 0.29) is 16.0 Å². The minimum absolute atomic E-state index is 0.0178. The van der Waals surface area contributed by atoms with Gasteiger partial charge in [0.05, 0.1) is 0 Å². The molecule has 20 heavy (non-hydrogen) atoms. The van der Waals surface area contributed by atoms with Crippen molar-refractivity contribution in [2.24, 2.45) is 10.2 Å². The summed E-state index contributed by atoms with van der Waals surface area (Å²) in [7, 11) is 0. The molecule has 0 saturated carbocycles. The van der Waals surface area contributed by atoms with Gasteiger partial charge in [-0.2, -0.15) is 0 Å². The van der Waals surface area contributed by atoms with E-state index in [1.54, 1.807) is 12.1 Å². The van der Waals surface area contributed by atoms with Crippen LogP contribution in [-0.2, 0) is 3.74 Å². The molecule has 0 fully saturated rings. The van der Waals surface area contributed by atoms with Gasteiger partial charge in [0.25, 0.3) is 0 Å². The van der Waals surface area contributed by atoms with Gasteiger partial charge in [0.15, 0.2) is 0 Å². The molecule has 8 nitrogen and oxygen atoms in total. The molecule has 0 aliphatic rings. The third-order valence-electron chi connectivity index (χ3n) is 2.38. The second-order valence-electron chi connectivity index (χ2n) is 3.90. The predicted molar refractivity (Wildman–Crippen MR) is 74.2 cm³/mol. The molecule has 0 atom stereocenters. The average molecular weight is 337 g/mol. The SMILES string of the molecule is Nc1ccc(N=Nc2ccc([As](=O)(O)O)cc2)c(N)n1. The summed E-state index contributed by atoms with van der Waals surface area (Å²) in [6.07, 6.45) is 0. The van der Waals surface area contributed by atoms with Crippen molar-refractivity contribution in [3.63, 3.8) is 0 Å². The fraction of sp³-hybridized carbons (Fsp3) is 0. The van der Waals surface area contributed by atoms with Crippen LogP contribution in [-0.4, -0.2) is 27.3 Å². The van der Waals surface area contributed by atoms with E-state index in [0.29, 0.717) is 11.4 Å². The summed E-state index contributed by atoms with van der Waals surface area (Å²) in [5.74, 6) is 0.443. The molecular weight excluding hydrogens is 325 g/mol. The predicted octanol–water partition coefficient (Wildman–Crippen LogP) is 0.222. The fourth-order valence-corrected chi connectivity index (χ4v) is 2.52. The molecule has 104 valence electrons. The summed E-state index contributed by atoms with van der Waals surface area (Å²) >= 11 is -4.86. The van der Waals surface area contributed by atoms with Crippen molar-refractivity contribution >= 4 is 41.5 Å². The third kappa shape index (κ3) is 3.44. The van der Waals surface area contributed by atoms with Gasteiger partial charge in [0.2, 0.25) is 0 Å². The number of nitrogens with two attached hydrogens (primary N) is 2. The Kier molecular flexibility index (Phi) is 3.89. The first kappa shape index (κ1) is 14.3. The summed E-state index contributed by atoms with van der Waals surface area (Å²) in [4.78, 5) is 3.83. The number of pyridine rings is 1. The summed E-state index contributed by atoms with van der Waals surface area (Å²) in [6.45, 7) is 0. The molecule has 1 aromatic heterocycles. The van der Waals surface area contributed by atoms with Crippen LogP contribution in [0.25, 0.3) is 0 Å². The van der Waals surface area contributed by atoms with Crippen molar-refractivity contribution < 1.29 is 11.9 Å². The van der Waals surface area contributed by atoms with Gasteiger partial charge in [-0.25, -0.2) is 0 Å². The molecule has 0 aliphatic heterocycles. The number of benzene rings is 1. The Morgan fingerprint density at radius 1 is 1.00 bits per heavy atom. The summed E-state index contributed by atoms with van der Waals surface area (Å²) in [5.41, 5.74) is 11.9. The standard InChI is InChI=1S/C11H12AsN5O3/c13-10-6-5-9(11(14)15-10)17-16-8-3-1-7(2-4-8)12(18,19)20/h1-6H,(H4,13,14,15)(H2,18,19,20). The summed E-state index contributed by atoms with van der Waals surface area (Å²) in [5, 5.41) is 7.81. The fourth-order valence-electron chi connectivity index (χ4n) is 1.39. The Morgan fingerprint density at radius 3 is 2.20 bits per heavy atom. The first-order valence-electron chi connectivity index (χ1n) is 5.46. The zero-order chi connectivity index (χ0) is 14.8. The molecule has 9 heteroatoms. The first-order valence-corrected chi connectivity index (χ1v) is 8.84. The molecule has 0 aliphatic carbocycles. The zero-order valence-electron chi connectivity index (χ0n) is 10.2. The molecule has 0 unspecified atom stereocenters. The number of aromatic nitrogens is 1. The number of nitrogens with zero attached hydrogens (tertiary/aromatic N) is 3. The Bertz CT molecular complexity index is 696. The van der Waals surface area contributed by atoms with E-state index in [4.69, 9.17) is 19.7 Å². The van der Waals surface area contributed by atoms with E-state index >= 15 is 0 Å². The van der Waals surface area contributed by atoms with E-state index in [1.807, 2.05) is 0 Å². The van der Waals surface area contributed by atoms with Gasteiger partial charge in [-0.05, 0) is 0 Å². The Labute approximate surface area is 117 Å². The van der Waals surface area contributed by atoms with Gasteiger partial charge in [-0.3, -0.25) is 0 Å². The second-order valence-corrected chi connectivity index (χ2v) is 7.27. The number of nitrogen functional groups attached to an aromatic ring is 2. The van der Waals surface area contributed by atoms with Crippen LogP contribution in [0.5, 0.6) is 0 Å². The van der Waals surface area contributed by atoms with Crippen LogP contribution in [0.2, 0.25) is 0 Å². The molecule has 0 spiro atoms. The van der Waals surface area contributed by atoms with E-state index in [1.165, 1.54) is 24.3 Å². The zero-order valence-corrected chi connectivity index (χ0v) is 12.1. The second kappa shape index (κ2) is 5.46. The Hall–Kier alpha value is -2.15. The number of anilines is 2. The van der Waals surface area contributed by atoms with Gasteiger partial charge in [0.1, 0.15) is 0 Å². The first-order chi connectivity index (χ1) is 9.36. The van der Waals surface area contributed by atoms with Crippen LogP contribution in [0.1, 0.15) is 0 Å². The monoisotopic (exact) mass is 337 g/mol. The van der Waals surface area contributed by atoms with Gasteiger partial charge in [0, 0.05) is 0 Å². The number of hydrogen-bond acceptors (Lipinski definition) is 6. The summed E-state index contributed by atoms with van der Waals surface area (Å²) < 4.78 is 29.1. The molecule has 6 N–H and O–H groups in total. The van der Waals surface area contributed by atoms with Crippen molar-refractivity contribution in [3.8, 4) is 0 Å². The molecule has 1 heterocycles. The van der Waals surface area contributed by atoms with Crippen LogP contribution in [0.3, 0.4) is 0 Å². The molecule has 0 amide bonds. The Morgan fingerprint density at radius 2 is 1.65 bits per heavy atom. The van der Waals surface area contributed by atoms with Crippen LogP contribution >= 0.6 is 0 Å². The molecule has 0 saturated heterocycles. The number of azo groups is 1. The molecule has 2 rings (SSSR count). The topological polar surface area (TPSA) is 147 Å². The van der Waals surface area contributed by atoms with Crippen molar-refractivity contribution in [2.75, 3.05) is 11.5 Å². The average Bonchev–Trinajstić information content (AvgIpc) is 2.37. The van der Waals surface area contributed by atoms with Crippen LogP contribution in [0.4, 0.5) is 23.0 Å². The Balaban J connectivity index is 2.21. The minimum atomic E-state index is -4.86. The molecular formula is C11H12AsN5O3. The third-order valence-corrected chi connectivity index (χ3v) is 4.42. The maximum absolute atomic E-state index is 11.1. The molecule has 0 radical (unpaired) electrons. The van der Waals surface area contributed by atoms with Gasteiger partial charge in [-0.1, -0.05) is 0 Å². The van der Waals surface area contributed by atoms with Crippen molar-refractivity contribution in [1.82, 2.24) is 4.98 Å². The molecule has 0 bridgehead atoms. The number of hydrogen-bond donors (Lipinski definition) is 4. The summed E-state index contributed by atoms with van der Waals surface area (Å²) in [6, 6.07) is 8.68. The number of rotatable bonds is 3. The van der Waals surface area contributed by atoms with Crippen molar-refractivity contribution in [3.05, 3.63) is 36.4 Å². The van der Waals surface area contributed by atoms with E-state index in [2.05, 4.69) is 15.2 Å². The quantitative estimate of drug-likeness (QED) is 0.465. The van der Waals surface area contributed by atoms with Gasteiger partial charge >= 0.3 is 117 Å². The van der Waals surface area contributed by atoms with Crippen molar-refractivity contribution in [1.29, 1.82) is 0 Å². The van der Waals surface area contributed by atoms with Crippen LogP contribution < -0.4 is 15.8 Å². The molecule has 1 aromatic carbocycles. The van der Waals surface area contributed by atoms with Crippen LogP contribution in [0.15, 0.2) is 46.6 Å². The van der Waals surface area contributed by atoms with E-state index in [9.17, 15) is 3.74 Å². The van der Waals surface area contributed by atoms with Gasteiger partial charge < -0.3 is 0 Å². The maximum atomic E-state index is 11.1. The van der Waals surface area contributed by atoms with E-state index < -0.39 is 14.2 Å². The van der Waals surface area contributed by atoms with Gasteiger partial charge in [-0.15, -0.1) is 0 Å². The van der Waals surface area contributed by atoms with E-state index in [0.717, 1.165) is 0 Å². The van der Waals surface area contributed by atoms with Crippen molar-refractivity contribution in [2.45, 2.75) is 0 Å². The normalized spacial score (nSPS) is 11.9.